The van der Waals surface area contributed by atoms with E-state index in [1.54, 1.807) is 11.3 Å². The van der Waals surface area contributed by atoms with E-state index in [0.717, 1.165) is 57.9 Å². The maximum absolute atomic E-state index is 7.24. The molecule has 5 aromatic rings. The van der Waals surface area contributed by atoms with Crippen LogP contribution >= 0.6 is 11.3 Å². The third kappa shape index (κ3) is 3.81. The van der Waals surface area contributed by atoms with Crippen molar-refractivity contribution in [3.63, 3.8) is 0 Å². The normalized spacial score (nSPS) is 27.1. The van der Waals surface area contributed by atoms with Crippen LogP contribution in [0.25, 0.3) is 34.3 Å². The highest BCUT2D eigenvalue weighted by Crippen LogP contribution is 2.96. The van der Waals surface area contributed by atoms with Crippen molar-refractivity contribution in [1.29, 1.82) is 0 Å². The van der Waals surface area contributed by atoms with Crippen LogP contribution in [0.15, 0.2) is 115 Å². The Bertz CT molecular complexity index is 2100. The van der Waals surface area contributed by atoms with Crippen LogP contribution in [-0.4, -0.2) is 9.97 Å². The van der Waals surface area contributed by atoms with Gasteiger partial charge in [0.05, 0.1) is 26.7 Å². The second-order valence-corrected chi connectivity index (χ2v) is 14.7. The number of allylic oxidation sites excluding steroid dienone is 5. The molecule has 226 valence electrons. The Kier molecular flexibility index (Phi) is 6.10. The molecule has 2 fully saturated rings. The van der Waals surface area contributed by atoms with Crippen LogP contribution < -0.4 is 5.73 Å². The molecule has 2 N–H and O–H groups in total. The fourth-order valence-corrected chi connectivity index (χ4v) is 9.97. The van der Waals surface area contributed by atoms with Crippen molar-refractivity contribution in [3.05, 3.63) is 153 Å². The molecule has 9 rings (SSSR count). The maximum Gasteiger partial charge on any atom is 0.108 e. The van der Waals surface area contributed by atoms with Crippen LogP contribution in [0.2, 0.25) is 0 Å². The van der Waals surface area contributed by atoms with E-state index < -0.39 is 0 Å². The predicted octanol–water partition coefficient (Wildman–Crippen LogP) is 10.2. The average molecular weight is 616 g/mol. The highest BCUT2D eigenvalue weighted by Gasteiger charge is 2.95. The van der Waals surface area contributed by atoms with E-state index in [1.165, 1.54) is 33.4 Å². The molecule has 3 nitrogen and oxygen atoms in total. The number of aromatic nitrogens is 2. The highest BCUT2D eigenvalue weighted by atomic mass is 32.1. The Balaban J connectivity index is 1.30. The van der Waals surface area contributed by atoms with Crippen molar-refractivity contribution in [2.24, 2.45) is 16.6 Å². The molecule has 0 bridgehead atoms. The lowest BCUT2D eigenvalue weighted by Gasteiger charge is -2.18. The Morgan fingerprint density at radius 1 is 0.804 bits per heavy atom. The van der Waals surface area contributed by atoms with Crippen molar-refractivity contribution < 1.29 is 0 Å². The topological polar surface area (TPSA) is 51.8 Å². The molecule has 3 aromatic carbocycles. The zero-order valence-corrected chi connectivity index (χ0v) is 27.1. The van der Waals surface area contributed by atoms with Crippen LogP contribution in [0.3, 0.4) is 0 Å². The van der Waals surface area contributed by atoms with Gasteiger partial charge in [-0.1, -0.05) is 123 Å². The van der Waals surface area contributed by atoms with E-state index in [4.69, 9.17) is 15.7 Å². The van der Waals surface area contributed by atoms with Crippen LogP contribution in [-0.2, 0) is 5.54 Å². The summed E-state index contributed by atoms with van der Waals surface area (Å²) in [5.41, 5.74) is 18.6. The summed E-state index contributed by atoms with van der Waals surface area (Å²) in [5.74, 6) is 0.401. The number of hydrogen-bond acceptors (Lipinski definition) is 4. The summed E-state index contributed by atoms with van der Waals surface area (Å²) >= 11 is 1.79. The second kappa shape index (κ2) is 10.1. The van der Waals surface area contributed by atoms with E-state index in [0.29, 0.717) is 5.92 Å². The molecule has 0 radical (unpaired) electrons. The monoisotopic (exact) mass is 615 g/mol. The molecule has 46 heavy (non-hydrogen) atoms. The second-order valence-electron chi connectivity index (χ2n) is 13.7. The van der Waals surface area contributed by atoms with Crippen LogP contribution in [0.5, 0.6) is 0 Å². The van der Waals surface area contributed by atoms with Gasteiger partial charge in [0.1, 0.15) is 11.0 Å². The Morgan fingerprint density at radius 3 is 1.93 bits per heavy atom. The summed E-state index contributed by atoms with van der Waals surface area (Å²) in [6.45, 7) is 4.73. The first-order valence-corrected chi connectivity index (χ1v) is 17.4. The van der Waals surface area contributed by atoms with Gasteiger partial charge in [-0.05, 0) is 76.7 Å². The fraction of sp³-hybridized carbons (Fsp3) is 0.238. The molecule has 1 spiro atoms. The lowest BCUT2D eigenvalue weighted by Crippen LogP contribution is -2.26. The molecule has 4 atom stereocenters. The number of nitrogens with zero attached hydrogens (tertiary/aromatic N) is 2. The molecule has 4 heteroatoms. The van der Waals surface area contributed by atoms with Crippen LogP contribution in [0.4, 0.5) is 0 Å². The summed E-state index contributed by atoms with van der Waals surface area (Å²) in [6, 6.07) is 32.1. The summed E-state index contributed by atoms with van der Waals surface area (Å²) in [7, 11) is 0. The van der Waals surface area contributed by atoms with Crippen molar-refractivity contribution in [3.8, 4) is 0 Å². The van der Waals surface area contributed by atoms with Gasteiger partial charge in [-0.25, -0.2) is 9.97 Å². The molecule has 4 unspecified atom stereocenters. The maximum atomic E-state index is 7.24. The Morgan fingerprint density at radius 2 is 1.37 bits per heavy atom. The summed E-state index contributed by atoms with van der Waals surface area (Å²) in [4.78, 5) is 13.3. The van der Waals surface area contributed by atoms with Gasteiger partial charge >= 0.3 is 0 Å². The minimum Gasteiger partial charge on any atom is -0.320 e. The molecular formula is C42H37N3S. The smallest absolute Gasteiger partial charge is 0.108 e. The van der Waals surface area contributed by atoms with Crippen molar-refractivity contribution in [2.75, 3.05) is 0 Å². The lowest BCUT2D eigenvalue weighted by atomic mass is 9.92. The Hall–Kier alpha value is -4.38. The molecule has 0 aliphatic heterocycles. The fourth-order valence-electron chi connectivity index (χ4n) is 8.90. The zero-order valence-electron chi connectivity index (χ0n) is 26.3. The SMILES string of the molecule is CCC1(C)C2c3nc4c(C=C(c5ccccc5)c5ccccc5)sc(/C=C(\C5=CCCC=C5)c5ccccc5)c4nc3C3(N)CC231. The van der Waals surface area contributed by atoms with Gasteiger partial charge in [0.25, 0.3) is 0 Å². The third-order valence-corrected chi connectivity index (χ3v) is 12.5. The summed E-state index contributed by atoms with van der Waals surface area (Å²) in [6.07, 6.45) is 15.9. The molecule has 0 saturated heterocycles. The number of rotatable bonds is 7. The minimum atomic E-state index is -0.353. The first kappa shape index (κ1) is 27.9. The highest BCUT2D eigenvalue weighted by molar-refractivity contribution is 7.15. The third-order valence-electron chi connectivity index (χ3n) is 11.4. The van der Waals surface area contributed by atoms with Gasteiger partial charge in [-0.2, -0.15) is 0 Å². The molecule has 4 aliphatic carbocycles. The number of benzene rings is 3. The van der Waals surface area contributed by atoms with Gasteiger partial charge in [-0.3, -0.25) is 0 Å². The lowest BCUT2D eigenvalue weighted by molar-refractivity contribution is 0.421. The molecule has 4 aliphatic rings. The standard InChI is InChI=1S/C42H37N3S/c1-3-40(2)38-37-39(42(43)26-41(38,40)42)45-36-34(25-32(29-20-12-6-13-21-29)30-22-14-7-15-23-30)46-33(35(36)44-37)24-31(27-16-8-4-9-17-27)28-18-10-5-11-19-28/h4-6,8-14,16-25,38H,3,7,15,26,43H2,1-2H3/b32-25-. The predicted molar refractivity (Wildman–Crippen MR) is 192 cm³/mol. The number of fused-ring (bicyclic) bond motifs is 4. The van der Waals surface area contributed by atoms with Crippen LogP contribution in [0, 0.1) is 10.8 Å². The van der Waals surface area contributed by atoms with Gasteiger partial charge in [0, 0.05) is 11.3 Å². The zero-order chi connectivity index (χ0) is 31.1. The quantitative estimate of drug-likeness (QED) is 0.198. The van der Waals surface area contributed by atoms with Crippen LogP contribution in [0.1, 0.15) is 83.3 Å². The summed E-state index contributed by atoms with van der Waals surface area (Å²) < 4.78 is 0. The Labute approximate surface area is 274 Å². The molecule has 2 saturated carbocycles. The number of hydrogen-bond donors (Lipinski definition) is 1. The van der Waals surface area contributed by atoms with E-state index >= 15 is 0 Å². The number of thiophene rings is 1. The first-order chi connectivity index (χ1) is 22.5. The molecule has 2 aromatic heterocycles. The van der Waals surface area contributed by atoms with Gasteiger partial charge < -0.3 is 5.73 Å². The molecule has 2 heterocycles. The summed E-state index contributed by atoms with van der Waals surface area (Å²) in [5, 5.41) is 0. The van der Waals surface area contributed by atoms with E-state index in [1.807, 2.05) is 0 Å². The van der Waals surface area contributed by atoms with Gasteiger partial charge in [0.15, 0.2) is 0 Å². The largest absolute Gasteiger partial charge is 0.320 e. The van der Waals surface area contributed by atoms with Gasteiger partial charge in [0.2, 0.25) is 0 Å². The average Bonchev–Trinajstić information content (AvgIpc) is 3.82. The number of nitrogens with two attached hydrogens (primary N) is 1. The van der Waals surface area contributed by atoms with Crippen molar-refractivity contribution in [1.82, 2.24) is 9.97 Å². The van der Waals surface area contributed by atoms with Gasteiger partial charge in [-0.15, -0.1) is 11.3 Å². The first-order valence-electron chi connectivity index (χ1n) is 16.6. The van der Waals surface area contributed by atoms with E-state index in [9.17, 15) is 0 Å². The van der Waals surface area contributed by atoms with Crippen molar-refractivity contribution >= 4 is 45.7 Å². The molecule has 0 amide bonds. The minimum absolute atomic E-state index is 0.136. The molecular weight excluding hydrogens is 579 g/mol. The van der Waals surface area contributed by atoms with E-state index in [-0.39, 0.29) is 16.4 Å². The van der Waals surface area contributed by atoms with Crippen molar-refractivity contribution in [2.45, 2.75) is 51.0 Å². The van der Waals surface area contributed by atoms with E-state index in [2.05, 4.69) is 135 Å².